The molecule has 4 rings (SSSR count). The molecule has 2 fully saturated rings. The summed E-state index contributed by atoms with van der Waals surface area (Å²) in [7, 11) is -0.265. The van der Waals surface area contributed by atoms with Crippen LogP contribution in [0.5, 0.6) is 5.75 Å². The Morgan fingerprint density at radius 1 is 1.24 bits per heavy atom. The number of likely N-dealkylation sites (N-methyl/N-ethyl adjacent to an activating group) is 1. The van der Waals surface area contributed by atoms with Gasteiger partial charge in [-0.15, -0.1) is 0 Å². The van der Waals surface area contributed by atoms with Crippen molar-refractivity contribution < 1.29 is 17.9 Å². The van der Waals surface area contributed by atoms with Gasteiger partial charge in [0.2, 0.25) is 5.95 Å². The number of aryl methyl sites for hydroxylation is 1. The molecular weight excluding hydrogens is 566 g/mol. The highest BCUT2D eigenvalue weighted by Gasteiger charge is 2.29. The van der Waals surface area contributed by atoms with Gasteiger partial charge >= 0.3 is 0 Å². The molecule has 1 aromatic heterocycles. The Kier molecular flexibility index (Phi) is 10.1. The summed E-state index contributed by atoms with van der Waals surface area (Å²) in [6.07, 6.45) is 6.93. The van der Waals surface area contributed by atoms with Crippen LogP contribution in [0.2, 0.25) is 5.02 Å². The van der Waals surface area contributed by atoms with Gasteiger partial charge in [0.1, 0.15) is 10.8 Å². The van der Waals surface area contributed by atoms with E-state index in [0.717, 1.165) is 49.3 Å². The van der Waals surface area contributed by atoms with Gasteiger partial charge in [-0.05, 0) is 82.7 Å². The molecule has 2 heterocycles. The number of rotatable bonds is 11. The molecule has 0 amide bonds. The second-order valence-electron chi connectivity index (χ2n) is 10.7. The number of benzene rings is 1. The van der Waals surface area contributed by atoms with Gasteiger partial charge in [0.15, 0.2) is 20.7 Å². The van der Waals surface area contributed by atoms with Crippen molar-refractivity contribution in [2.75, 3.05) is 37.9 Å². The number of halogens is 1. The summed E-state index contributed by atoms with van der Waals surface area (Å²) in [5.41, 5.74) is 3.10. The summed E-state index contributed by atoms with van der Waals surface area (Å²) >= 11 is 6.38. The Morgan fingerprint density at radius 2 is 2.00 bits per heavy atom. The first-order chi connectivity index (χ1) is 19.5. The minimum atomic E-state index is -3.84. The molecule has 1 saturated carbocycles. The van der Waals surface area contributed by atoms with Gasteiger partial charge < -0.3 is 30.7 Å². The van der Waals surface area contributed by atoms with Crippen molar-refractivity contribution in [1.29, 1.82) is 5.41 Å². The summed E-state index contributed by atoms with van der Waals surface area (Å²) in [4.78, 5) is 8.84. The molecule has 11 nitrogen and oxygen atoms in total. The quantitative estimate of drug-likeness (QED) is 0.183. The van der Waals surface area contributed by atoms with Gasteiger partial charge in [-0.1, -0.05) is 11.6 Å². The van der Waals surface area contributed by atoms with E-state index in [1.165, 1.54) is 31.8 Å². The third kappa shape index (κ3) is 7.68. The summed E-state index contributed by atoms with van der Waals surface area (Å²) in [5.74, 6) is 1.46. The second kappa shape index (κ2) is 13.4. The number of hydrogen-bond donors (Lipinski definition) is 5. The van der Waals surface area contributed by atoms with Crippen LogP contribution in [0.4, 0.5) is 17.5 Å². The number of aromatic nitrogens is 2. The Hall–Kier alpha value is -2.93. The Bertz CT molecular complexity index is 1400. The van der Waals surface area contributed by atoms with Gasteiger partial charge in [-0.2, -0.15) is 4.98 Å². The molecule has 2 aliphatic rings. The summed E-state index contributed by atoms with van der Waals surface area (Å²) in [6.45, 7) is 6.56. The van der Waals surface area contributed by atoms with E-state index in [-0.39, 0.29) is 28.6 Å². The van der Waals surface area contributed by atoms with Crippen LogP contribution in [0, 0.1) is 12.3 Å². The fourth-order valence-electron chi connectivity index (χ4n) is 4.62. The number of anilines is 3. The van der Waals surface area contributed by atoms with E-state index in [4.69, 9.17) is 26.5 Å². The lowest BCUT2D eigenvalue weighted by atomic mass is 9.87. The smallest absolute Gasteiger partial charge is 0.229 e. The molecule has 2 atom stereocenters. The Balaban J connectivity index is 1.63. The lowest BCUT2D eigenvalue weighted by molar-refractivity contribution is 0.128. The first-order valence-corrected chi connectivity index (χ1v) is 15.8. The van der Waals surface area contributed by atoms with E-state index in [1.54, 1.807) is 7.05 Å². The summed E-state index contributed by atoms with van der Waals surface area (Å²) < 4.78 is 37.4. The first kappa shape index (κ1) is 31.0. The van der Waals surface area contributed by atoms with Crippen LogP contribution in [-0.4, -0.2) is 68.1 Å². The van der Waals surface area contributed by atoms with Crippen molar-refractivity contribution in [1.82, 2.24) is 20.6 Å². The molecule has 224 valence electrons. The summed E-state index contributed by atoms with van der Waals surface area (Å²) in [5, 5.41) is 19.4. The molecule has 0 bridgehead atoms. The first-order valence-electron chi connectivity index (χ1n) is 13.9. The highest BCUT2D eigenvalue weighted by Crippen LogP contribution is 2.40. The van der Waals surface area contributed by atoms with Gasteiger partial charge in [-0.25, -0.2) is 13.4 Å². The molecule has 1 saturated heterocycles. The van der Waals surface area contributed by atoms with Crippen LogP contribution >= 0.6 is 11.6 Å². The Morgan fingerprint density at radius 3 is 2.66 bits per heavy atom. The molecule has 0 radical (unpaired) electrons. The van der Waals surface area contributed by atoms with E-state index in [0.29, 0.717) is 18.6 Å². The van der Waals surface area contributed by atoms with Gasteiger partial charge in [0, 0.05) is 25.9 Å². The zero-order chi connectivity index (χ0) is 29.7. The van der Waals surface area contributed by atoms with Crippen molar-refractivity contribution in [3.63, 3.8) is 0 Å². The number of nitrogens with one attached hydrogen (secondary N) is 5. The van der Waals surface area contributed by atoms with Crippen molar-refractivity contribution in [3.05, 3.63) is 46.4 Å². The van der Waals surface area contributed by atoms with Crippen LogP contribution in [0.25, 0.3) is 0 Å². The highest BCUT2D eigenvalue weighted by atomic mass is 35.5. The molecule has 1 aromatic carbocycles. The van der Waals surface area contributed by atoms with Crippen molar-refractivity contribution in [2.24, 2.45) is 0 Å². The zero-order valence-electron chi connectivity index (χ0n) is 24.2. The molecule has 2 aromatic rings. The molecule has 5 N–H and O–H groups in total. The SMILES string of the molecule is CN/C=C(/Nc1nc(Nc2cc(C)c(C3CCOCC(NC)C3)cc2OC2CC2)ncc1Cl)C(=N)S(=O)(=O)C(C)C. The zero-order valence-corrected chi connectivity index (χ0v) is 25.7. The lowest BCUT2D eigenvalue weighted by Crippen LogP contribution is -2.30. The average Bonchev–Trinajstić information content (AvgIpc) is 3.78. The van der Waals surface area contributed by atoms with E-state index < -0.39 is 20.1 Å². The monoisotopic (exact) mass is 605 g/mol. The maximum atomic E-state index is 12.7. The minimum absolute atomic E-state index is 0.0120. The predicted molar refractivity (Wildman–Crippen MR) is 163 cm³/mol. The van der Waals surface area contributed by atoms with Crippen LogP contribution in [0.1, 0.15) is 56.6 Å². The van der Waals surface area contributed by atoms with Crippen LogP contribution in [0.3, 0.4) is 0 Å². The van der Waals surface area contributed by atoms with Gasteiger partial charge in [0.25, 0.3) is 0 Å². The maximum Gasteiger partial charge on any atom is 0.229 e. The van der Waals surface area contributed by atoms with Crippen LogP contribution < -0.4 is 26.0 Å². The molecule has 1 aliphatic carbocycles. The molecule has 1 aliphatic heterocycles. The van der Waals surface area contributed by atoms with Crippen LogP contribution in [0.15, 0.2) is 30.2 Å². The molecule has 13 heteroatoms. The number of sulfone groups is 1. The van der Waals surface area contributed by atoms with Gasteiger partial charge in [-0.3, -0.25) is 5.41 Å². The fourth-order valence-corrected chi connectivity index (χ4v) is 5.65. The molecular formula is C28H40ClN7O4S. The average molecular weight is 606 g/mol. The Labute approximate surface area is 247 Å². The van der Waals surface area contributed by atoms with Crippen molar-refractivity contribution in [2.45, 2.75) is 69.8 Å². The predicted octanol–water partition coefficient (Wildman–Crippen LogP) is 4.48. The van der Waals surface area contributed by atoms with Crippen molar-refractivity contribution >= 4 is 43.9 Å². The molecule has 2 unspecified atom stereocenters. The third-order valence-corrected chi connectivity index (χ3v) is 9.52. The van der Waals surface area contributed by atoms with E-state index in [9.17, 15) is 8.42 Å². The van der Waals surface area contributed by atoms with E-state index in [1.807, 2.05) is 7.05 Å². The maximum absolute atomic E-state index is 12.7. The highest BCUT2D eigenvalue weighted by molar-refractivity contribution is 8.07. The van der Waals surface area contributed by atoms with Crippen LogP contribution in [-0.2, 0) is 14.6 Å². The number of nitrogens with zero attached hydrogens (tertiary/aromatic N) is 2. The topological polar surface area (TPSA) is 150 Å². The summed E-state index contributed by atoms with van der Waals surface area (Å²) in [6, 6.07) is 4.47. The fraction of sp³-hybridized carbons (Fsp3) is 0.536. The molecule has 41 heavy (non-hydrogen) atoms. The largest absolute Gasteiger partial charge is 0.488 e. The van der Waals surface area contributed by atoms with Gasteiger partial charge in [0.05, 0.1) is 35.5 Å². The molecule has 0 spiro atoms. The third-order valence-electron chi connectivity index (χ3n) is 7.22. The van der Waals surface area contributed by atoms with Crippen molar-refractivity contribution in [3.8, 4) is 5.75 Å². The standard InChI is InChI=1S/C28H40ClN7O4S/c1-16(2)41(37,38)26(30)24(14-31-4)34-27-22(29)13-33-28(36-27)35-23-10-17(3)21(12-25(23)40-20-6-7-20)18-8-9-39-15-19(11-18)32-5/h10,12-14,16,18-20,30-32H,6-9,11,15H2,1-5H3,(H2,33,34,35,36)/b24-14+,30-26?. The van der Waals surface area contributed by atoms with E-state index in [2.05, 4.69) is 50.3 Å². The normalized spacial score (nSPS) is 19.9. The lowest BCUT2D eigenvalue weighted by Gasteiger charge is -2.23. The number of ether oxygens (including phenoxy) is 2. The second-order valence-corrected chi connectivity index (χ2v) is 13.6. The van der Waals surface area contributed by atoms with E-state index >= 15 is 0 Å². The number of hydrogen-bond acceptors (Lipinski definition) is 11. The minimum Gasteiger partial charge on any atom is -0.488 e.